The molecular formula is C17H18N2O3. The molecule has 0 aromatic heterocycles. The molecule has 0 aliphatic rings. The molecule has 2 aromatic carbocycles. The van der Waals surface area contributed by atoms with Crippen molar-refractivity contribution in [3.05, 3.63) is 76.3 Å². The summed E-state index contributed by atoms with van der Waals surface area (Å²) in [4.78, 5) is 24.4. The number of carbonyl (C=O) groups is 1. The highest BCUT2D eigenvalue weighted by Crippen LogP contribution is 2.19. The number of rotatable bonds is 6. The molecular weight excluding hydrogens is 280 g/mol. The second-order valence-corrected chi connectivity index (χ2v) is 5.16. The van der Waals surface area contributed by atoms with Crippen molar-refractivity contribution in [3.63, 3.8) is 0 Å². The fourth-order valence-corrected chi connectivity index (χ4v) is 2.24. The lowest BCUT2D eigenvalue weighted by Gasteiger charge is -2.25. The fourth-order valence-electron chi connectivity index (χ4n) is 2.24. The van der Waals surface area contributed by atoms with E-state index in [1.807, 2.05) is 60.7 Å². The smallest absolute Gasteiger partial charge is 0.236 e. The van der Waals surface area contributed by atoms with Gasteiger partial charge in [0.25, 0.3) is 0 Å². The van der Waals surface area contributed by atoms with Crippen molar-refractivity contribution in [3.8, 4) is 0 Å². The first kappa shape index (κ1) is 15.7. The lowest BCUT2D eigenvalue weighted by atomic mass is 10.1. The van der Waals surface area contributed by atoms with Crippen LogP contribution in [0.2, 0.25) is 0 Å². The van der Waals surface area contributed by atoms with E-state index < -0.39 is 10.8 Å². The van der Waals surface area contributed by atoms with Crippen LogP contribution in [-0.2, 0) is 11.3 Å². The summed E-state index contributed by atoms with van der Waals surface area (Å²) in [6.07, 6.45) is 0. The van der Waals surface area contributed by atoms with Gasteiger partial charge in [0.2, 0.25) is 12.5 Å². The number of hydrogen-bond donors (Lipinski definition) is 0. The van der Waals surface area contributed by atoms with Crippen LogP contribution in [0, 0.1) is 16.0 Å². The molecule has 0 bridgehead atoms. The van der Waals surface area contributed by atoms with Crippen LogP contribution in [-0.4, -0.2) is 17.4 Å². The van der Waals surface area contributed by atoms with Crippen LogP contribution in [0.15, 0.2) is 60.7 Å². The van der Waals surface area contributed by atoms with E-state index in [0.717, 1.165) is 11.3 Å². The molecule has 0 saturated heterocycles. The molecule has 0 saturated carbocycles. The van der Waals surface area contributed by atoms with Gasteiger partial charge in [-0.05, 0) is 24.6 Å². The maximum absolute atomic E-state index is 12.6. The van der Waals surface area contributed by atoms with Crippen molar-refractivity contribution in [2.24, 2.45) is 5.92 Å². The molecule has 5 heteroatoms. The van der Waals surface area contributed by atoms with Gasteiger partial charge in [-0.3, -0.25) is 14.9 Å². The van der Waals surface area contributed by atoms with Gasteiger partial charge < -0.3 is 4.90 Å². The lowest BCUT2D eigenvalue weighted by Crippen LogP contribution is -2.37. The molecule has 0 heterocycles. The third kappa shape index (κ3) is 4.15. The normalized spacial score (nSPS) is 11.7. The van der Waals surface area contributed by atoms with Gasteiger partial charge in [0.15, 0.2) is 0 Å². The number of nitrogens with zero attached hydrogens (tertiary/aromatic N) is 2. The molecule has 2 aromatic rings. The number of carbonyl (C=O) groups excluding carboxylic acids is 1. The first-order valence-corrected chi connectivity index (χ1v) is 7.10. The number of nitro groups is 1. The predicted molar refractivity (Wildman–Crippen MR) is 85.1 cm³/mol. The molecule has 0 spiro atoms. The van der Waals surface area contributed by atoms with E-state index in [9.17, 15) is 14.9 Å². The fraction of sp³-hybridized carbons (Fsp3) is 0.235. The first-order chi connectivity index (χ1) is 10.6. The molecule has 5 nitrogen and oxygen atoms in total. The minimum Gasteiger partial charge on any atom is -0.308 e. The molecule has 114 valence electrons. The van der Waals surface area contributed by atoms with Crippen molar-refractivity contribution in [2.45, 2.75) is 13.5 Å². The summed E-state index contributed by atoms with van der Waals surface area (Å²) in [5, 5.41) is 10.7. The van der Waals surface area contributed by atoms with E-state index in [-0.39, 0.29) is 12.5 Å². The van der Waals surface area contributed by atoms with E-state index in [2.05, 4.69) is 0 Å². The van der Waals surface area contributed by atoms with Gasteiger partial charge >= 0.3 is 0 Å². The molecule has 1 amide bonds. The van der Waals surface area contributed by atoms with Gasteiger partial charge in [-0.2, -0.15) is 0 Å². The van der Waals surface area contributed by atoms with Crippen LogP contribution in [0.25, 0.3) is 0 Å². The zero-order valence-electron chi connectivity index (χ0n) is 12.4. The molecule has 0 unspecified atom stereocenters. The zero-order chi connectivity index (χ0) is 15.9. The summed E-state index contributed by atoms with van der Waals surface area (Å²) in [5.41, 5.74) is 1.72. The van der Waals surface area contributed by atoms with Gasteiger partial charge in [0, 0.05) is 10.6 Å². The van der Waals surface area contributed by atoms with Crippen molar-refractivity contribution in [2.75, 3.05) is 11.4 Å². The van der Waals surface area contributed by atoms with E-state index >= 15 is 0 Å². The molecule has 2 rings (SSSR count). The topological polar surface area (TPSA) is 63.5 Å². The summed E-state index contributed by atoms with van der Waals surface area (Å²) in [7, 11) is 0. The maximum Gasteiger partial charge on any atom is 0.236 e. The number of benzene rings is 2. The third-order valence-corrected chi connectivity index (χ3v) is 3.36. The summed E-state index contributed by atoms with van der Waals surface area (Å²) >= 11 is 0. The maximum atomic E-state index is 12.6. The summed E-state index contributed by atoms with van der Waals surface area (Å²) in [6, 6.07) is 18.8. The number of hydrogen-bond acceptors (Lipinski definition) is 3. The highest BCUT2D eigenvalue weighted by Gasteiger charge is 2.25. The Bertz CT molecular complexity index is 629. The van der Waals surface area contributed by atoms with Crippen LogP contribution >= 0.6 is 0 Å². The van der Waals surface area contributed by atoms with Crippen LogP contribution in [0.5, 0.6) is 0 Å². The van der Waals surface area contributed by atoms with Gasteiger partial charge in [0.05, 0.1) is 6.54 Å². The summed E-state index contributed by atoms with van der Waals surface area (Å²) in [6.45, 7) is 1.62. The summed E-state index contributed by atoms with van der Waals surface area (Å²) < 4.78 is 0. The van der Waals surface area contributed by atoms with Gasteiger partial charge in [-0.1, -0.05) is 48.5 Å². The van der Waals surface area contributed by atoms with Crippen LogP contribution in [0.3, 0.4) is 0 Å². The third-order valence-electron chi connectivity index (χ3n) is 3.36. The van der Waals surface area contributed by atoms with Crippen molar-refractivity contribution >= 4 is 11.6 Å². The first-order valence-electron chi connectivity index (χ1n) is 7.10. The Kier molecular flexibility index (Phi) is 5.25. The van der Waals surface area contributed by atoms with Crippen LogP contribution in [0.1, 0.15) is 12.5 Å². The van der Waals surface area contributed by atoms with Crippen LogP contribution < -0.4 is 4.90 Å². The molecule has 0 fully saturated rings. The van der Waals surface area contributed by atoms with Gasteiger partial charge in [-0.15, -0.1) is 0 Å². The van der Waals surface area contributed by atoms with E-state index in [1.54, 1.807) is 11.8 Å². The molecule has 0 aliphatic heterocycles. The standard InChI is InChI=1S/C17H18N2O3/c1-14(12-19(21)22)17(20)18(16-10-6-3-7-11-16)13-15-8-4-2-5-9-15/h2-11,14H,12-13H2,1H3/t14-/m1/s1. The van der Waals surface area contributed by atoms with E-state index in [0.29, 0.717) is 6.54 Å². The monoisotopic (exact) mass is 298 g/mol. The van der Waals surface area contributed by atoms with Gasteiger partial charge in [0.1, 0.15) is 5.92 Å². The Morgan fingerprint density at radius 3 is 2.18 bits per heavy atom. The number of amides is 1. The lowest BCUT2D eigenvalue weighted by molar-refractivity contribution is -0.484. The van der Waals surface area contributed by atoms with Crippen molar-refractivity contribution in [1.29, 1.82) is 0 Å². The second kappa shape index (κ2) is 7.36. The minimum absolute atomic E-state index is 0.244. The molecule has 0 radical (unpaired) electrons. The Balaban J connectivity index is 2.25. The number of anilines is 1. The van der Waals surface area contributed by atoms with E-state index in [1.165, 1.54) is 0 Å². The molecule has 0 N–H and O–H groups in total. The SMILES string of the molecule is C[C@H](C[N+](=O)[O-])C(=O)N(Cc1ccccc1)c1ccccc1. The summed E-state index contributed by atoms with van der Waals surface area (Å²) in [5.74, 6) is -0.911. The van der Waals surface area contributed by atoms with E-state index in [4.69, 9.17) is 0 Å². The predicted octanol–water partition coefficient (Wildman–Crippen LogP) is 3.13. The second-order valence-electron chi connectivity index (χ2n) is 5.16. The highest BCUT2D eigenvalue weighted by molar-refractivity contribution is 5.94. The van der Waals surface area contributed by atoms with Crippen LogP contribution in [0.4, 0.5) is 5.69 Å². The Labute approximate surface area is 129 Å². The average Bonchev–Trinajstić information content (AvgIpc) is 2.53. The quantitative estimate of drug-likeness (QED) is 0.608. The van der Waals surface area contributed by atoms with Crippen molar-refractivity contribution in [1.82, 2.24) is 0 Å². The number of para-hydroxylation sites is 1. The molecule has 22 heavy (non-hydrogen) atoms. The molecule has 0 aliphatic carbocycles. The van der Waals surface area contributed by atoms with Gasteiger partial charge in [-0.25, -0.2) is 0 Å². The minimum atomic E-state index is -0.668. The Hall–Kier alpha value is -2.69. The molecule has 1 atom stereocenters. The largest absolute Gasteiger partial charge is 0.308 e. The Morgan fingerprint density at radius 2 is 1.64 bits per heavy atom. The zero-order valence-corrected chi connectivity index (χ0v) is 12.4. The highest BCUT2D eigenvalue weighted by atomic mass is 16.6. The Morgan fingerprint density at radius 1 is 1.09 bits per heavy atom. The average molecular weight is 298 g/mol. The van der Waals surface area contributed by atoms with Crippen molar-refractivity contribution < 1.29 is 9.72 Å².